The van der Waals surface area contributed by atoms with E-state index in [1.807, 2.05) is 56.1 Å². The maximum absolute atomic E-state index is 8.62. The third kappa shape index (κ3) is 5.08. The Labute approximate surface area is 136 Å². The van der Waals surface area contributed by atoms with Crippen molar-refractivity contribution in [1.29, 1.82) is 5.26 Å². The zero-order valence-corrected chi connectivity index (χ0v) is 13.6. The molecule has 2 aromatic rings. The van der Waals surface area contributed by atoms with Crippen LogP contribution in [0.2, 0.25) is 0 Å². The molecule has 0 radical (unpaired) electrons. The second-order valence-corrected chi connectivity index (χ2v) is 5.27. The van der Waals surface area contributed by atoms with Crippen LogP contribution in [-0.4, -0.2) is 29.8 Å². The molecular formula is C17H20N6. The van der Waals surface area contributed by atoms with Crippen molar-refractivity contribution in [3.8, 4) is 6.07 Å². The Balaban J connectivity index is 1.96. The lowest BCUT2D eigenvalue weighted by molar-refractivity contribution is 0.905. The highest BCUT2D eigenvalue weighted by atomic mass is 15.3. The maximum atomic E-state index is 8.62. The van der Waals surface area contributed by atoms with Crippen molar-refractivity contribution in [2.45, 2.75) is 20.3 Å². The van der Waals surface area contributed by atoms with Crippen molar-refractivity contribution in [3.63, 3.8) is 0 Å². The lowest BCUT2D eigenvalue weighted by Crippen LogP contribution is -2.17. The van der Waals surface area contributed by atoms with E-state index in [1.165, 1.54) is 0 Å². The summed E-state index contributed by atoms with van der Waals surface area (Å²) >= 11 is 0. The van der Waals surface area contributed by atoms with Gasteiger partial charge in [-0.3, -0.25) is 0 Å². The van der Waals surface area contributed by atoms with Crippen molar-refractivity contribution >= 4 is 17.9 Å². The Bertz CT molecular complexity index is 695. The number of nitrogens with one attached hydrogen (secondary N) is 1. The highest BCUT2D eigenvalue weighted by Gasteiger charge is 2.00. The van der Waals surface area contributed by atoms with Crippen molar-refractivity contribution < 1.29 is 0 Å². The monoisotopic (exact) mass is 308 g/mol. The third-order valence-electron chi connectivity index (χ3n) is 3.25. The molecule has 0 saturated heterocycles. The Hall–Kier alpha value is -2.94. The van der Waals surface area contributed by atoms with E-state index in [4.69, 9.17) is 5.26 Å². The van der Waals surface area contributed by atoms with Crippen LogP contribution in [0.3, 0.4) is 0 Å². The van der Waals surface area contributed by atoms with Crippen LogP contribution in [0.25, 0.3) is 0 Å². The molecule has 0 fully saturated rings. The van der Waals surface area contributed by atoms with Gasteiger partial charge in [-0.2, -0.15) is 10.4 Å². The van der Waals surface area contributed by atoms with Gasteiger partial charge >= 0.3 is 0 Å². The van der Waals surface area contributed by atoms with Crippen molar-refractivity contribution in [2.24, 2.45) is 5.10 Å². The minimum atomic E-state index is 0.492. The number of nitrogens with zero attached hydrogens (tertiary/aromatic N) is 5. The van der Waals surface area contributed by atoms with Crippen LogP contribution in [0.4, 0.5) is 11.6 Å². The highest BCUT2D eigenvalue weighted by molar-refractivity contribution is 5.80. The second-order valence-electron chi connectivity index (χ2n) is 5.27. The van der Waals surface area contributed by atoms with Gasteiger partial charge in [0.15, 0.2) is 0 Å². The SMILES string of the molecule is Cc1cc(C)nc(N/N=C\c2ccc(N(C)CCC#N)cc2)n1. The summed E-state index contributed by atoms with van der Waals surface area (Å²) in [4.78, 5) is 10.6. The molecule has 0 aliphatic rings. The van der Waals surface area contributed by atoms with E-state index in [1.54, 1.807) is 6.21 Å². The van der Waals surface area contributed by atoms with Crippen LogP contribution in [0.5, 0.6) is 0 Å². The first-order chi connectivity index (χ1) is 11.1. The van der Waals surface area contributed by atoms with Crippen LogP contribution in [0.1, 0.15) is 23.4 Å². The largest absolute Gasteiger partial charge is 0.374 e. The van der Waals surface area contributed by atoms with Crippen molar-refractivity contribution in [3.05, 3.63) is 47.3 Å². The average molecular weight is 308 g/mol. The molecule has 0 aliphatic carbocycles. The second kappa shape index (κ2) is 7.90. The normalized spacial score (nSPS) is 10.5. The Kier molecular flexibility index (Phi) is 5.64. The first-order valence-corrected chi connectivity index (χ1v) is 7.38. The predicted octanol–water partition coefficient (Wildman–Crippen LogP) is 2.89. The number of hydrogen-bond donors (Lipinski definition) is 1. The first kappa shape index (κ1) is 16.4. The minimum absolute atomic E-state index is 0.492. The summed E-state index contributed by atoms with van der Waals surface area (Å²) in [5, 5.41) is 12.8. The summed E-state index contributed by atoms with van der Waals surface area (Å²) in [6.45, 7) is 4.56. The van der Waals surface area contributed by atoms with Gasteiger partial charge in [0, 0.05) is 30.7 Å². The third-order valence-corrected chi connectivity index (χ3v) is 3.25. The van der Waals surface area contributed by atoms with Gasteiger partial charge in [-0.05, 0) is 37.6 Å². The molecule has 6 heteroatoms. The number of rotatable bonds is 6. The summed E-state index contributed by atoms with van der Waals surface area (Å²) < 4.78 is 0. The van der Waals surface area contributed by atoms with E-state index in [2.05, 4.69) is 26.6 Å². The molecule has 1 aromatic carbocycles. The molecule has 1 N–H and O–H groups in total. The van der Waals surface area contributed by atoms with Gasteiger partial charge in [0.25, 0.3) is 0 Å². The number of benzene rings is 1. The standard InChI is InChI=1S/C17H20N6/c1-13-11-14(2)21-17(20-13)22-19-12-15-5-7-16(8-6-15)23(3)10-4-9-18/h5-8,11-12H,4,10H2,1-3H3,(H,20,21,22)/b19-12-. The fourth-order valence-corrected chi connectivity index (χ4v) is 2.10. The lowest BCUT2D eigenvalue weighted by Gasteiger charge is -2.17. The van der Waals surface area contributed by atoms with Gasteiger partial charge in [-0.1, -0.05) is 12.1 Å². The van der Waals surface area contributed by atoms with Gasteiger partial charge in [0.2, 0.25) is 5.95 Å². The zero-order chi connectivity index (χ0) is 16.7. The summed E-state index contributed by atoms with van der Waals surface area (Å²) in [6.07, 6.45) is 2.24. The molecule has 0 spiro atoms. The topological polar surface area (TPSA) is 77.2 Å². The number of nitriles is 1. The zero-order valence-electron chi connectivity index (χ0n) is 13.6. The number of hydrogen-bond acceptors (Lipinski definition) is 6. The Morgan fingerprint density at radius 2 is 1.87 bits per heavy atom. The van der Waals surface area contributed by atoms with Gasteiger partial charge in [0.1, 0.15) is 0 Å². The fraction of sp³-hybridized carbons (Fsp3) is 0.294. The average Bonchev–Trinajstić information content (AvgIpc) is 2.52. The molecule has 6 nitrogen and oxygen atoms in total. The molecule has 0 atom stereocenters. The van der Waals surface area contributed by atoms with Gasteiger partial charge in [-0.25, -0.2) is 15.4 Å². The fourth-order valence-electron chi connectivity index (χ4n) is 2.10. The molecule has 0 aliphatic heterocycles. The number of anilines is 2. The number of aryl methyl sites for hydroxylation is 2. The molecule has 0 amide bonds. The van der Waals surface area contributed by atoms with Crippen molar-refractivity contribution in [2.75, 3.05) is 23.9 Å². The van der Waals surface area contributed by atoms with Crippen LogP contribution >= 0.6 is 0 Å². The molecule has 0 bridgehead atoms. The number of aromatic nitrogens is 2. The maximum Gasteiger partial charge on any atom is 0.243 e. The molecule has 0 unspecified atom stereocenters. The summed E-state index contributed by atoms with van der Waals surface area (Å²) in [5.41, 5.74) is 6.69. The molecule has 1 heterocycles. The van der Waals surface area contributed by atoms with E-state index in [9.17, 15) is 0 Å². The van der Waals surface area contributed by atoms with Crippen LogP contribution in [-0.2, 0) is 0 Å². The van der Waals surface area contributed by atoms with Gasteiger partial charge in [0.05, 0.1) is 18.7 Å². The lowest BCUT2D eigenvalue weighted by atomic mass is 10.2. The Morgan fingerprint density at radius 3 is 2.48 bits per heavy atom. The van der Waals surface area contributed by atoms with Crippen LogP contribution < -0.4 is 10.3 Å². The number of hydrazone groups is 1. The molecule has 1 aromatic heterocycles. The summed E-state index contributed by atoms with van der Waals surface area (Å²) in [6, 6.07) is 12.0. The van der Waals surface area contributed by atoms with Crippen LogP contribution in [0.15, 0.2) is 35.4 Å². The van der Waals surface area contributed by atoms with Gasteiger partial charge in [-0.15, -0.1) is 0 Å². The minimum Gasteiger partial charge on any atom is -0.374 e. The molecule has 23 heavy (non-hydrogen) atoms. The molecular weight excluding hydrogens is 288 g/mol. The quantitative estimate of drug-likeness (QED) is 0.656. The molecule has 0 saturated carbocycles. The molecule has 118 valence electrons. The van der Waals surface area contributed by atoms with Crippen molar-refractivity contribution in [1.82, 2.24) is 9.97 Å². The first-order valence-electron chi connectivity index (χ1n) is 7.38. The Morgan fingerprint density at radius 1 is 1.22 bits per heavy atom. The van der Waals surface area contributed by atoms with E-state index in [-0.39, 0.29) is 0 Å². The predicted molar refractivity (Wildman–Crippen MR) is 92.7 cm³/mol. The van der Waals surface area contributed by atoms with E-state index in [0.29, 0.717) is 12.4 Å². The highest BCUT2D eigenvalue weighted by Crippen LogP contribution is 2.13. The smallest absolute Gasteiger partial charge is 0.243 e. The summed E-state index contributed by atoms with van der Waals surface area (Å²) in [5.74, 6) is 0.492. The van der Waals surface area contributed by atoms with E-state index >= 15 is 0 Å². The van der Waals surface area contributed by atoms with Crippen LogP contribution in [0, 0.1) is 25.2 Å². The van der Waals surface area contributed by atoms with E-state index < -0.39 is 0 Å². The molecule has 2 rings (SSSR count). The van der Waals surface area contributed by atoms with E-state index in [0.717, 1.165) is 29.2 Å². The summed E-state index contributed by atoms with van der Waals surface area (Å²) in [7, 11) is 1.97. The van der Waals surface area contributed by atoms with Gasteiger partial charge < -0.3 is 4.90 Å².